The van der Waals surface area contributed by atoms with Crippen LogP contribution in [-0.4, -0.2) is 22.2 Å². The van der Waals surface area contributed by atoms with Crippen molar-refractivity contribution in [3.8, 4) is 0 Å². The van der Waals surface area contributed by atoms with Crippen LogP contribution in [0.3, 0.4) is 0 Å². The zero-order valence-electron chi connectivity index (χ0n) is 17.8. The molecule has 0 aromatic heterocycles. The van der Waals surface area contributed by atoms with Crippen molar-refractivity contribution in [1.29, 1.82) is 0 Å². The third-order valence-electron chi connectivity index (χ3n) is 4.83. The topological polar surface area (TPSA) is 74.6 Å². The number of unbranched alkanes of at least 4 members (excludes halogenated alkanes) is 9. The first-order valence-electron chi connectivity index (χ1n) is 9.98. The van der Waals surface area contributed by atoms with E-state index in [2.05, 4.69) is 13.8 Å². The maximum atomic E-state index is 11.0. The van der Waals surface area contributed by atoms with Gasteiger partial charge in [0.15, 0.2) is 5.92 Å². The number of carboxylic acids is 2. The summed E-state index contributed by atoms with van der Waals surface area (Å²) >= 11 is 0. The molecule has 0 rings (SSSR count). The molecule has 2 N–H and O–H groups in total. The molecule has 5 heteroatoms. The van der Waals surface area contributed by atoms with E-state index in [1.807, 2.05) is 0 Å². The zero-order valence-corrected chi connectivity index (χ0v) is 18.8. The molecule has 25 heavy (non-hydrogen) atoms. The quantitative estimate of drug-likeness (QED) is 0.236. The van der Waals surface area contributed by atoms with Crippen molar-refractivity contribution in [2.75, 3.05) is 0 Å². The molecule has 4 nitrogen and oxygen atoms in total. The minimum atomic E-state index is -1.25. The van der Waals surface area contributed by atoms with Crippen LogP contribution >= 0.6 is 0 Å². The van der Waals surface area contributed by atoms with Crippen LogP contribution < -0.4 is 29.6 Å². The van der Waals surface area contributed by atoms with Crippen LogP contribution in [0.25, 0.3) is 0 Å². The Balaban J connectivity index is -0.00000264. The van der Waals surface area contributed by atoms with Gasteiger partial charge in [0.05, 0.1) is 0 Å². The Morgan fingerprint density at radius 2 is 1.16 bits per heavy atom. The van der Waals surface area contributed by atoms with Crippen molar-refractivity contribution < 1.29 is 50.8 Å². The Morgan fingerprint density at radius 1 is 0.720 bits per heavy atom. The molecule has 0 aliphatic rings. The molecule has 0 aromatic rings. The van der Waals surface area contributed by atoms with Crippen LogP contribution in [0.5, 0.6) is 0 Å². The first-order valence-corrected chi connectivity index (χ1v) is 9.98. The normalized spacial score (nSPS) is 12.0. The molecule has 0 radical (unpaired) electrons. The van der Waals surface area contributed by atoms with E-state index in [4.69, 9.17) is 10.2 Å². The van der Waals surface area contributed by atoms with E-state index in [0.717, 1.165) is 25.7 Å². The van der Waals surface area contributed by atoms with Crippen LogP contribution in [0.2, 0.25) is 0 Å². The maximum absolute atomic E-state index is 11.0. The summed E-state index contributed by atoms with van der Waals surface area (Å²) < 4.78 is 0. The van der Waals surface area contributed by atoms with Crippen LogP contribution in [-0.2, 0) is 9.59 Å². The largest absolute Gasteiger partial charge is 1.00 e. The Bertz CT molecular complexity index is 326. The monoisotopic (exact) mass is 366 g/mol. The summed E-state index contributed by atoms with van der Waals surface area (Å²) in [4.78, 5) is 22.1. The molecule has 0 spiro atoms. The average molecular weight is 367 g/mol. The number of carbonyl (C=O) groups is 2. The van der Waals surface area contributed by atoms with Gasteiger partial charge in [-0.2, -0.15) is 0 Å². The van der Waals surface area contributed by atoms with Crippen molar-refractivity contribution in [2.45, 2.75) is 104 Å². The molecule has 0 amide bonds. The van der Waals surface area contributed by atoms with Crippen LogP contribution in [0.4, 0.5) is 0 Å². The molecular weight excluding hydrogens is 327 g/mol. The third kappa shape index (κ3) is 15.9. The van der Waals surface area contributed by atoms with Gasteiger partial charge < -0.3 is 11.6 Å². The molecule has 0 heterocycles. The molecule has 144 valence electrons. The zero-order chi connectivity index (χ0) is 18.2. The minimum absolute atomic E-state index is 0. The summed E-state index contributed by atoms with van der Waals surface area (Å²) in [6, 6.07) is 0. The number of aliphatic carboxylic acids is 2. The summed E-state index contributed by atoms with van der Waals surface area (Å²) in [5.41, 5.74) is 0. The third-order valence-corrected chi connectivity index (χ3v) is 4.83. The Labute approximate surface area is 177 Å². The van der Waals surface area contributed by atoms with Crippen LogP contribution in [0.1, 0.15) is 105 Å². The van der Waals surface area contributed by atoms with E-state index >= 15 is 0 Å². The molecule has 0 aliphatic heterocycles. The average Bonchev–Trinajstić information content (AvgIpc) is 2.53. The first kappa shape index (κ1) is 27.2. The van der Waals surface area contributed by atoms with E-state index in [9.17, 15) is 9.59 Å². The van der Waals surface area contributed by atoms with Crippen LogP contribution in [0, 0.1) is 11.8 Å². The van der Waals surface area contributed by atoms with E-state index in [0.29, 0.717) is 0 Å². The maximum Gasteiger partial charge on any atom is 1.00 e. The van der Waals surface area contributed by atoms with Gasteiger partial charge in [0, 0.05) is 0 Å². The number of carboxylic acid groups (broad SMARTS) is 2. The van der Waals surface area contributed by atoms with Crippen molar-refractivity contribution in [3.63, 3.8) is 0 Å². The second-order valence-corrected chi connectivity index (χ2v) is 7.09. The smallest absolute Gasteiger partial charge is 1.00 e. The summed E-state index contributed by atoms with van der Waals surface area (Å²) in [5, 5.41) is 18.1. The van der Waals surface area contributed by atoms with E-state index < -0.39 is 17.9 Å². The number of hydrogen-bond donors (Lipinski definition) is 2. The van der Waals surface area contributed by atoms with Crippen molar-refractivity contribution in [3.05, 3.63) is 0 Å². The fourth-order valence-electron chi connectivity index (χ4n) is 3.35. The van der Waals surface area contributed by atoms with Crippen molar-refractivity contribution >= 4 is 11.9 Å². The van der Waals surface area contributed by atoms with Gasteiger partial charge in [-0.15, -0.1) is 0 Å². The minimum Gasteiger partial charge on any atom is -1.00 e. The Morgan fingerprint density at radius 3 is 1.56 bits per heavy atom. The molecule has 1 unspecified atom stereocenters. The van der Waals surface area contributed by atoms with Gasteiger partial charge in [-0.05, 0) is 12.3 Å². The molecule has 0 aromatic carbocycles. The predicted octanol–water partition coefficient (Wildman–Crippen LogP) is 3.01. The standard InChI is InChI=1S/C20H38O4.Na.H/c1-3-5-6-7-8-9-10-11-12-13-15-17(14-4-2)16-18(19(21)22)20(23)24;;/h17-18H,3-16H2,1-2H3,(H,21,22)(H,23,24);;/q;+1;-1. The van der Waals surface area contributed by atoms with Crippen LogP contribution in [0.15, 0.2) is 0 Å². The molecular formula is C20H39NaO4. The van der Waals surface area contributed by atoms with Gasteiger partial charge in [-0.3, -0.25) is 9.59 Å². The summed E-state index contributed by atoms with van der Waals surface area (Å²) in [7, 11) is 0. The fourth-order valence-corrected chi connectivity index (χ4v) is 3.35. The van der Waals surface area contributed by atoms with Gasteiger partial charge in [0.2, 0.25) is 0 Å². The SMILES string of the molecule is CCCCCCCCCCCCC(CCC)CC(C(=O)O)C(=O)O.[H-].[Na+]. The van der Waals surface area contributed by atoms with E-state index in [-0.39, 0.29) is 43.3 Å². The van der Waals surface area contributed by atoms with Crippen molar-refractivity contribution in [1.82, 2.24) is 0 Å². The molecule has 0 aliphatic carbocycles. The summed E-state index contributed by atoms with van der Waals surface area (Å²) in [6.45, 7) is 4.31. The molecule has 0 saturated carbocycles. The number of rotatable bonds is 17. The van der Waals surface area contributed by atoms with Gasteiger partial charge in [-0.1, -0.05) is 97.3 Å². The predicted molar refractivity (Wildman–Crippen MR) is 99.3 cm³/mol. The Kier molecular flexibility index (Phi) is 20.3. The van der Waals surface area contributed by atoms with E-state index in [1.54, 1.807) is 0 Å². The Hall–Kier alpha value is -0.0600. The molecule has 0 saturated heterocycles. The summed E-state index contributed by atoms with van der Waals surface area (Å²) in [5.74, 6) is -3.43. The molecule has 0 bridgehead atoms. The van der Waals surface area contributed by atoms with Gasteiger partial charge in [0.1, 0.15) is 0 Å². The van der Waals surface area contributed by atoms with Gasteiger partial charge >= 0.3 is 41.5 Å². The molecule has 0 fully saturated rings. The second-order valence-electron chi connectivity index (χ2n) is 7.09. The number of hydrogen-bond acceptors (Lipinski definition) is 2. The van der Waals surface area contributed by atoms with Gasteiger partial charge in [0.25, 0.3) is 0 Å². The van der Waals surface area contributed by atoms with Crippen molar-refractivity contribution in [2.24, 2.45) is 11.8 Å². The molecule has 1 atom stereocenters. The summed E-state index contributed by atoms with van der Waals surface area (Å²) in [6.07, 6.45) is 16.0. The second kappa shape index (κ2) is 18.7. The first-order chi connectivity index (χ1) is 11.5. The van der Waals surface area contributed by atoms with E-state index in [1.165, 1.54) is 57.8 Å². The fraction of sp³-hybridized carbons (Fsp3) is 0.900. The van der Waals surface area contributed by atoms with Gasteiger partial charge in [-0.25, -0.2) is 0 Å².